The zero-order chi connectivity index (χ0) is 11.9. The minimum atomic E-state index is 0.903. The van der Waals surface area contributed by atoms with Crippen LogP contribution in [0.25, 0.3) is 10.9 Å². The second-order valence-electron chi connectivity index (χ2n) is 4.02. The molecule has 0 aliphatic heterocycles. The number of nitrogens with zero attached hydrogens (tertiary/aromatic N) is 1. The summed E-state index contributed by atoms with van der Waals surface area (Å²) in [5.74, 6) is 0. The second-order valence-corrected chi connectivity index (χ2v) is 4.02. The minimum absolute atomic E-state index is 0.903. The van der Waals surface area contributed by atoms with Crippen LogP contribution in [0.1, 0.15) is 18.9 Å². The summed E-state index contributed by atoms with van der Waals surface area (Å²) in [6.07, 6.45) is 7.23. The zero-order valence-electron chi connectivity index (χ0n) is 10.2. The standard InChI is InChI=1S/C15H18N2/c1-2-3-6-10-16-12-13-9-11-17-15-8-5-4-7-14(13)15/h2-5,7-9,11,16H,6,10,12H2,1H3/b3-2+. The summed E-state index contributed by atoms with van der Waals surface area (Å²) in [5.41, 5.74) is 2.39. The van der Waals surface area contributed by atoms with E-state index >= 15 is 0 Å². The van der Waals surface area contributed by atoms with Crippen molar-refractivity contribution in [1.82, 2.24) is 10.3 Å². The molecule has 2 nitrogen and oxygen atoms in total. The van der Waals surface area contributed by atoms with Gasteiger partial charge < -0.3 is 5.32 Å². The van der Waals surface area contributed by atoms with Gasteiger partial charge in [-0.05, 0) is 37.6 Å². The highest BCUT2D eigenvalue weighted by Crippen LogP contribution is 2.15. The van der Waals surface area contributed by atoms with E-state index in [1.807, 2.05) is 12.3 Å². The van der Waals surface area contributed by atoms with Crippen LogP contribution in [0, 0.1) is 0 Å². The van der Waals surface area contributed by atoms with Gasteiger partial charge in [0.05, 0.1) is 5.52 Å². The van der Waals surface area contributed by atoms with Crippen LogP contribution in [0.5, 0.6) is 0 Å². The first-order valence-electron chi connectivity index (χ1n) is 6.06. The third-order valence-corrected chi connectivity index (χ3v) is 2.78. The maximum Gasteiger partial charge on any atom is 0.0705 e. The molecule has 0 saturated heterocycles. The van der Waals surface area contributed by atoms with Crippen LogP contribution in [0.15, 0.2) is 48.7 Å². The predicted octanol–water partition coefficient (Wildman–Crippen LogP) is 3.29. The van der Waals surface area contributed by atoms with Crippen LogP contribution in [-0.2, 0) is 6.54 Å². The lowest BCUT2D eigenvalue weighted by Crippen LogP contribution is -2.14. The van der Waals surface area contributed by atoms with Crippen molar-refractivity contribution in [3.05, 3.63) is 54.2 Å². The third kappa shape index (κ3) is 3.14. The van der Waals surface area contributed by atoms with Crippen LogP contribution in [0.3, 0.4) is 0 Å². The van der Waals surface area contributed by atoms with Gasteiger partial charge in [-0.15, -0.1) is 0 Å². The maximum atomic E-state index is 4.36. The van der Waals surface area contributed by atoms with E-state index in [4.69, 9.17) is 0 Å². The lowest BCUT2D eigenvalue weighted by molar-refractivity contribution is 0.698. The third-order valence-electron chi connectivity index (χ3n) is 2.78. The molecule has 0 aliphatic carbocycles. The first-order valence-corrected chi connectivity index (χ1v) is 6.06. The Morgan fingerprint density at radius 1 is 1.24 bits per heavy atom. The van der Waals surface area contributed by atoms with Crippen molar-refractivity contribution in [2.75, 3.05) is 6.54 Å². The largest absolute Gasteiger partial charge is 0.312 e. The number of nitrogens with one attached hydrogen (secondary N) is 1. The lowest BCUT2D eigenvalue weighted by atomic mass is 10.1. The molecule has 0 aliphatic rings. The first kappa shape index (κ1) is 11.8. The number of allylic oxidation sites excluding steroid dienone is 1. The van der Waals surface area contributed by atoms with E-state index in [9.17, 15) is 0 Å². The van der Waals surface area contributed by atoms with Gasteiger partial charge in [0, 0.05) is 18.1 Å². The number of hydrogen-bond acceptors (Lipinski definition) is 2. The molecule has 2 heteroatoms. The quantitative estimate of drug-likeness (QED) is 0.625. The van der Waals surface area contributed by atoms with Crippen LogP contribution >= 0.6 is 0 Å². The molecule has 0 bridgehead atoms. The molecule has 1 N–H and O–H groups in total. The van der Waals surface area contributed by atoms with E-state index < -0.39 is 0 Å². The van der Waals surface area contributed by atoms with Gasteiger partial charge in [0.25, 0.3) is 0 Å². The number of para-hydroxylation sites is 1. The summed E-state index contributed by atoms with van der Waals surface area (Å²) < 4.78 is 0. The lowest BCUT2D eigenvalue weighted by Gasteiger charge is -2.06. The normalized spacial score (nSPS) is 11.4. The molecule has 1 aromatic carbocycles. The molecular weight excluding hydrogens is 208 g/mol. The Bertz CT molecular complexity index is 498. The van der Waals surface area contributed by atoms with Gasteiger partial charge in [0.1, 0.15) is 0 Å². The number of benzene rings is 1. The molecule has 1 aromatic heterocycles. The second kappa shape index (κ2) is 6.16. The van der Waals surface area contributed by atoms with E-state index in [0.29, 0.717) is 0 Å². The van der Waals surface area contributed by atoms with E-state index in [1.54, 1.807) is 0 Å². The van der Waals surface area contributed by atoms with Gasteiger partial charge in [0.2, 0.25) is 0 Å². The fourth-order valence-corrected chi connectivity index (χ4v) is 1.88. The van der Waals surface area contributed by atoms with Crippen LogP contribution in [0.4, 0.5) is 0 Å². The number of fused-ring (bicyclic) bond motifs is 1. The number of pyridine rings is 1. The molecule has 17 heavy (non-hydrogen) atoms. The molecule has 0 spiro atoms. The fourth-order valence-electron chi connectivity index (χ4n) is 1.88. The van der Waals surface area contributed by atoms with Crippen LogP contribution in [-0.4, -0.2) is 11.5 Å². The van der Waals surface area contributed by atoms with Gasteiger partial charge in [-0.25, -0.2) is 0 Å². The van der Waals surface area contributed by atoms with Gasteiger partial charge in [0.15, 0.2) is 0 Å². The van der Waals surface area contributed by atoms with E-state index in [0.717, 1.165) is 25.0 Å². The van der Waals surface area contributed by atoms with Gasteiger partial charge in [-0.1, -0.05) is 30.4 Å². The van der Waals surface area contributed by atoms with Gasteiger partial charge in [-0.2, -0.15) is 0 Å². The SMILES string of the molecule is C/C=C/CCNCc1ccnc2ccccc12. The molecule has 2 rings (SSSR count). The molecule has 0 radical (unpaired) electrons. The molecule has 0 atom stereocenters. The van der Waals surface area contributed by atoms with E-state index in [-0.39, 0.29) is 0 Å². The smallest absolute Gasteiger partial charge is 0.0705 e. The Balaban J connectivity index is 2.03. The Hall–Kier alpha value is -1.67. The maximum absolute atomic E-state index is 4.36. The fraction of sp³-hybridized carbons (Fsp3) is 0.267. The number of aromatic nitrogens is 1. The summed E-state index contributed by atoms with van der Waals surface area (Å²) in [6.45, 7) is 3.97. The molecule has 0 fully saturated rings. The topological polar surface area (TPSA) is 24.9 Å². The molecule has 0 unspecified atom stereocenters. The van der Waals surface area contributed by atoms with Crippen molar-refractivity contribution in [2.45, 2.75) is 19.9 Å². The van der Waals surface area contributed by atoms with Gasteiger partial charge >= 0.3 is 0 Å². The number of rotatable bonds is 5. The Morgan fingerprint density at radius 3 is 3.00 bits per heavy atom. The first-order chi connectivity index (χ1) is 8.42. The summed E-state index contributed by atoms with van der Waals surface area (Å²) >= 11 is 0. The van der Waals surface area contributed by atoms with Crippen molar-refractivity contribution < 1.29 is 0 Å². The molecule has 88 valence electrons. The summed E-state index contributed by atoms with van der Waals surface area (Å²) in [4.78, 5) is 4.36. The molecular formula is C15H18N2. The Kier molecular flexibility index (Phi) is 4.28. The Labute approximate surface area is 102 Å². The van der Waals surface area contributed by atoms with Gasteiger partial charge in [-0.3, -0.25) is 4.98 Å². The summed E-state index contributed by atoms with van der Waals surface area (Å²) in [5, 5.41) is 4.69. The highest BCUT2D eigenvalue weighted by atomic mass is 14.8. The van der Waals surface area contributed by atoms with E-state index in [2.05, 4.69) is 53.6 Å². The molecule has 1 heterocycles. The number of hydrogen-bond donors (Lipinski definition) is 1. The van der Waals surface area contributed by atoms with Crippen LogP contribution in [0.2, 0.25) is 0 Å². The molecule has 0 amide bonds. The molecule has 0 saturated carbocycles. The average molecular weight is 226 g/mol. The van der Waals surface area contributed by atoms with Crippen LogP contribution < -0.4 is 5.32 Å². The molecule has 2 aromatic rings. The van der Waals surface area contributed by atoms with Crippen molar-refractivity contribution in [3.8, 4) is 0 Å². The summed E-state index contributed by atoms with van der Waals surface area (Å²) in [7, 11) is 0. The van der Waals surface area contributed by atoms with Crippen molar-refractivity contribution in [1.29, 1.82) is 0 Å². The minimum Gasteiger partial charge on any atom is -0.312 e. The van der Waals surface area contributed by atoms with Crippen molar-refractivity contribution in [3.63, 3.8) is 0 Å². The zero-order valence-corrected chi connectivity index (χ0v) is 10.2. The predicted molar refractivity (Wildman–Crippen MR) is 72.9 cm³/mol. The van der Waals surface area contributed by atoms with Crippen molar-refractivity contribution in [2.24, 2.45) is 0 Å². The monoisotopic (exact) mass is 226 g/mol. The van der Waals surface area contributed by atoms with Crippen molar-refractivity contribution >= 4 is 10.9 Å². The van der Waals surface area contributed by atoms with E-state index in [1.165, 1.54) is 10.9 Å². The summed E-state index contributed by atoms with van der Waals surface area (Å²) in [6, 6.07) is 10.4. The Morgan fingerprint density at radius 2 is 2.12 bits per heavy atom. The highest BCUT2D eigenvalue weighted by Gasteiger charge is 1.99. The highest BCUT2D eigenvalue weighted by molar-refractivity contribution is 5.81. The average Bonchev–Trinajstić information content (AvgIpc) is 2.39.